The van der Waals surface area contributed by atoms with Gasteiger partial charge in [-0.2, -0.15) is 0 Å². The van der Waals surface area contributed by atoms with Crippen molar-refractivity contribution in [3.63, 3.8) is 0 Å². The summed E-state index contributed by atoms with van der Waals surface area (Å²) in [5.41, 5.74) is 0. The Morgan fingerprint density at radius 3 is 2.47 bits per heavy atom. The van der Waals surface area contributed by atoms with Crippen LogP contribution in [0.4, 0.5) is 0 Å². The topological polar surface area (TPSA) is 66.5 Å². The van der Waals surface area contributed by atoms with Gasteiger partial charge in [0.2, 0.25) is 5.91 Å². The lowest BCUT2D eigenvalue weighted by molar-refractivity contribution is -0.130. The van der Waals surface area contributed by atoms with Gasteiger partial charge in [-0.05, 0) is 26.7 Å². The zero-order valence-electron chi connectivity index (χ0n) is 10.8. The van der Waals surface area contributed by atoms with Gasteiger partial charge in [0.05, 0.1) is 12.3 Å². The molecule has 1 rings (SSSR count). The van der Waals surface area contributed by atoms with E-state index in [-0.39, 0.29) is 24.2 Å². The SMILES string of the molecule is CCN(C(=O)CNC(C)CS(C)(=O)=O)C1CC1. The molecule has 0 heterocycles. The minimum Gasteiger partial charge on any atom is -0.339 e. The van der Waals surface area contributed by atoms with Crippen molar-refractivity contribution in [2.24, 2.45) is 0 Å². The van der Waals surface area contributed by atoms with Crippen molar-refractivity contribution in [2.75, 3.05) is 25.1 Å². The summed E-state index contributed by atoms with van der Waals surface area (Å²) in [5, 5.41) is 2.97. The largest absolute Gasteiger partial charge is 0.339 e. The van der Waals surface area contributed by atoms with Crippen LogP contribution in [0.2, 0.25) is 0 Å². The summed E-state index contributed by atoms with van der Waals surface area (Å²) in [6.45, 7) is 4.70. The van der Waals surface area contributed by atoms with Crippen LogP contribution in [-0.4, -0.2) is 56.4 Å². The highest BCUT2D eigenvalue weighted by Gasteiger charge is 2.31. The van der Waals surface area contributed by atoms with E-state index in [1.807, 2.05) is 11.8 Å². The van der Waals surface area contributed by atoms with Gasteiger partial charge in [0.15, 0.2) is 0 Å². The average molecular weight is 262 g/mol. The maximum atomic E-state index is 11.8. The van der Waals surface area contributed by atoms with E-state index in [0.717, 1.165) is 19.4 Å². The third-order valence-electron chi connectivity index (χ3n) is 2.80. The molecule has 0 aromatic rings. The molecule has 0 spiro atoms. The molecule has 0 aliphatic heterocycles. The van der Waals surface area contributed by atoms with Crippen molar-refractivity contribution >= 4 is 15.7 Å². The molecular weight excluding hydrogens is 240 g/mol. The Kier molecular flexibility index (Phi) is 4.94. The number of hydrogen-bond donors (Lipinski definition) is 1. The fourth-order valence-corrected chi connectivity index (χ4v) is 2.93. The maximum absolute atomic E-state index is 11.8. The summed E-state index contributed by atoms with van der Waals surface area (Å²) >= 11 is 0. The van der Waals surface area contributed by atoms with E-state index >= 15 is 0 Å². The molecule has 5 nitrogen and oxygen atoms in total. The zero-order valence-corrected chi connectivity index (χ0v) is 11.6. The molecule has 1 fully saturated rings. The van der Waals surface area contributed by atoms with Crippen LogP contribution in [-0.2, 0) is 14.6 Å². The molecule has 1 N–H and O–H groups in total. The van der Waals surface area contributed by atoms with Gasteiger partial charge in [-0.25, -0.2) is 8.42 Å². The van der Waals surface area contributed by atoms with Crippen LogP contribution in [0.15, 0.2) is 0 Å². The predicted octanol–water partition coefficient (Wildman–Crippen LogP) is 0.0200. The van der Waals surface area contributed by atoms with Gasteiger partial charge >= 0.3 is 0 Å². The zero-order chi connectivity index (χ0) is 13.1. The van der Waals surface area contributed by atoms with Gasteiger partial charge in [-0.3, -0.25) is 4.79 Å². The van der Waals surface area contributed by atoms with Crippen LogP contribution < -0.4 is 5.32 Å². The van der Waals surface area contributed by atoms with Crippen molar-refractivity contribution in [3.8, 4) is 0 Å². The molecule has 0 radical (unpaired) electrons. The van der Waals surface area contributed by atoms with E-state index in [2.05, 4.69) is 5.32 Å². The third kappa shape index (κ3) is 5.50. The van der Waals surface area contributed by atoms with Crippen LogP contribution in [0.3, 0.4) is 0 Å². The van der Waals surface area contributed by atoms with E-state index in [9.17, 15) is 13.2 Å². The number of likely N-dealkylation sites (N-methyl/N-ethyl adjacent to an activating group) is 1. The number of rotatable bonds is 7. The van der Waals surface area contributed by atoms with Gasteiger partial charge in [0.25, 0.3) is 0 Å². The molecule has 1 aliphatic rings. The first-order valence-electron chi connectivity index (χ1n) is 6.04. The van der Waals surface area contributed by atoms with Gasteiger partial charge < -0.3 is 10.2 Å². The summed E-state index contributed by atoms with van der Waals surface area (Å²) in [7, 11) is -2.99. The molecule has 0 saturated heterocycles. The van der Waals surface area contributed by atoms with E-state index in [0.29, 0.717) is 6.04 Å². The highest BCUT2D eigenvalue weighted by atomic mass is 32.2. The van der Waals surface area contributed by atoms with Crippen molar-refractivity contribution < 1.29 is 13.2 Å². The normalized spacial score (nSPS) is 17.8. The van der Waals surface area contributed by atoms with E-state index in [4.69, 9.17) is 0 Å². The van der Waals surface area contributed by atoms with Crippen molar-refractivity contribution in [2.45, 2.75) is 38.8 Å². The number of carbonyl (C=O) groups is 1. The fourth-order valence-electron chi connectivity index (χ4n) is 1.90. The Morgan fingerprint density at radius 2 is 2.06 bits per heavy atom. The smallest absolute Gasteiger partial charge is 0.236 e. The lowest BCUT2D eigenvalue weighted by Crippen LogP contribution is -2.43. The lowest BCUT2D eigenvalue weighted by Gasteiger charge is -2.21. The molecule has 1 saturated carbocycles. The minimum atomic E-state index is -2.99. The second-order valence-electron chi connectivity index (χ2n) is 4.79. The Bertz CT molecular complexity index is 363. The van der Waals surface area contributed by atoms with Crippen LogP contribution in [0.25, 0.3) is 0 Å². The molecule has 0 bridgehead atoms. The molecule has 1 atom stereocenters. The first-order valence-corrected chi connectivity index (χ1v) is 8.10. The number of sulfone groups is 1. The Morgan fingerprint density at radius 1 is 1.47 bits per heavy atom. The van der Waals surface area contributed by atoms with Crippen molar-refractivity contribution in [1.29, 1.82) is 0 Å². The van der Waals surface area contributed by atoms with E-state index in [1.54, 1.807) is 6.92 Å². The number of nitrogens with zero attached hydrogens (tertiary/aromatic N) is 1. The number of carbonyl (C=O) groups excluding carboxylic acids is 1. The molecule has 1 unspecified atom stereocenters. The van der Waals surface area contributed by atoms with Crippen molar-refractivity contribution in [3.05, 3.63) is 0 Å². The molecule has 6 heteroatoms. The quantitative estimate of drug-likeness (QED) is 0.702. The summed E-state index contributed by atoms with van der Waals surface area (Å²) in [6, 6.07) is 0.228. The maximum Gasteiger partial charge on any atom is 0.236 e. The van der Waals surface area contributed by atoms with E-state index in [1.165, 1.54) is 6.26 Å². The van der Waals surface area contributed by atoms with E-state index < -0.39 is 9.84 Å². The van der Waals surface area contributed by atoms with Gasteiger partial charge in [0.1, 0.15) is 9.84 Å². The number of nitrogens with one attached hydrogen (secondary N) is 1. The molecular formula is C11H22N2O3S. The molecule has 17 heavy (non-hydrogen) atoms. The minimum absolute atomic E-state index is 0.0651. The van der Waals surface area contributed by atoms with Gasteiger partial charge in [0, 0.05) is 24.9 Å². The molecule has 1 aliphatic carbocycles. The number of amides is 1. The lowest BCUT2D eigenvalue weighted by atomic mass is 10.3. The summed E-state index contributed by atoms with van der Waals surface area (Å²) < 4.78 is 22.1. The molecule has 0 aromatic carbocycles. The monoisotopic (exact) mass is 262 g/mol. The summed E-state index contributed by atoms with van der Waals surface area (Å²) in [5.74, 6) is 0.130. The van der Waals surface area contributed by atoms with Crippen molar-refractivity contribution in [1.82, 2.24) is 10.2 Å². The van der Waals surface area contributed by atoms with Crippen LogP contribution in [0.5, 0.6) is 0 Å². The van der Waals surface area contributed by atoms with Crippen LogP contribution >= 0.6 is 0 Å². The average Bonchev–Trinajstić information content (AvgIpc) is 2.97. The highest BCUT2D eigenvalue weighted by Crippen LogP contribution is 2.26. The fraction of sp³-hybridized carbons (Fsp3) is 0.909. The molecule has 0 aromatic heterocycles. The second kappa shape index (κ2) is 5.82. The van der Waals surface area contributed by atoms with Gasteiger partial charge in [-0.1, -0.05) is 0 Å². The predicted molar refractivity (Wildman–Crippen MR) is 67.6 cm³/mol. The summed E-state index contributed by atoms with van der Waals surface area (Å²) in [4.78, 5) is 13.7. The third-order valence-corrected chi connectivity index (χ3v) is 3.91. The van der Waals surface area contributed by atoms with Crippen LogP contribution in [0, 0.1) is 0 Å². The molecule has 100 valence electrons. The first kappa shape index (κ1) is 14.4. The molecule has 1 amide bonds. The number of hydrogen-bond acceptors (Lipinski definition) is 4. The van der Waals surface area contributed by atoms with Crippen LogP contribution in [0.1, 0.15) is 26.7 Å². The Labute approximate surface area is 103 Å². The first-order chi connectivity index (χ1) is 7.83. The van der Waals surface area contributed by atoms with Gasteiger partial charge in [-0.15, -0.1) is 0 Å². The Balaban J connectivity index is 2.31. The highest BCUT2D eigenvalue weighted by molar-refractivity contribution is 7.90. The Hall–Kier alpha value is -0.620. The summed E-state index contributed by atoms with van der Waals surface area (Å²) in [6.07, 6.45) is 3.40. The standard InChI is InChI=1S/C11H22N2O3S/c1-4-13(10-5-6-10)11(14)7-12-9(2)8-17(3,15)16/h9-10,12H,4-8H2,1-3H3. The second-order valence-corrected chi connectivity index (χ2v) is 6.97.